The second-order valence-corrected chi connectivity index (χ2v) is 7.77. The number of imidazole rings is 1. The van der Waals surface area contributed by atoms with E-state index in [1.807, 2.05) is 32.9 Å². The van der Waals surface area contributed by atoms with Crippen LogP contribution in [0.15, 0.2) is 29.6 Å². The van der Waals surface area contributed by atoms with Gasteiger partial charge in [0.15, 0.2) is 0 Å². The molecule has 0 aliphatic carbocycles. The maximum atomic E-state index is 12.7. The number of nitrogens with one attached hydrogen (secondary N) is 1. The smallest absolute Gasteiger partial charge is 0.226 e. The lowest BCUT2D eigenvalue weighted by Gasteiger charge is -2.11. The molecule has 2 aromatic heterocycles. The fraction of sp³-hybridized carbons (Fsp3) is 0.294. The molecule has 0 fully saturated rings. The van der Waals surface area contributed by atoms with Gasteiger partial charge < -0.3 is 9.72 Å². The zero-order valence-electron chi connectivity index (χ0n) is 14.0. The van der Waals surface area contributed by atoms with E-state index >= 15 is 0 Å². The van der Waals surface area contributed by atoms with Crippen LogP contribution < -0.4 is 4.74 Å². The van der Waals surface area contributed by atoms with E-state index in [9.17, 15) is 8.42 Å². The van der Waals surface area contributed by atoms with Crippen LogP contribution in [0, 0.1) is 20.8 Å². The average Bonchev–Trinajstić information content (AvgIpc) is 2.94. The quantitative estimate of drug-likeness (QED) is 0.786. The summed E-state index contributed by atoms with van der Waals surface area (Å²) in [7, 11) is -2.07. The summed E-state index contributed by atoms with van der Waals surface area (Å²) in [6, 6.07) is 5.58. The Labute approximate surface area is 140 Å². The van der Waals surface area contributed by atoms with Gasteiger partial charge in [0, 0.05) is 17.3 Å². The molecule has 126 valence electrons. The molecule has 0 aliphatic heterocycles. The molecule has 2 heterocycles. The van der Waals surface area contributed by atoms with Crippen molar-refractivity contribution in [2.24, 2.45) is 0 Å². The van der Waals surface area contributed by atoms with Crippen LogP contribution in [-0.4, -0.2) is 30.5 Å². The van der Waals surface area contributed by atoms with Crippen LogP contribution in [0.4, 0.5) is 0 Å². The second kappa shape index (κ2) is 5.90. The molecule has 0 saturated carbocycles. The molecule has 0 bridgehead atoms. The van der Waals surface area contributed by atoms with E-state index in [0.29, 0.717) is 22.5 Å². The Morgan fingerprint density at radius 3 is 2.67 bits per heavy atom. The highest BCUT2D eigenvalue weighted by Gasteiger charge is 2.23. The van der Waals surface area contributed by atoms with Gasteiger partial charge >= 0.3 is 0 Å². The van der Waals surface area contributed by atoms with E-state index in [1.165, 1.54) is 0 Å². The highest BCUT2D eigenvalue weighted by molar-refractivity contribution is 7.90. The summed E-state index contributed by atoms with van der Waals surface area (Å²) in [6.07, 6.45) is 1.62. The molecule has 6 nitrogen and oxygen atoms in total. The first-order valence-electron chi connectivity index (χ1n) is 7.50. The van der Waals surface area contributed by atoms with E-state index in [4.69, 9.17) is 4.74 Å². The maximum Gasteiger partial charge on any atom is 0.226 e. The Morgan fingerprint density at radius 1 is 1.21 bits per heavy atom. The van der Waals surface area contributed by atoms with Crippen LogP contribution in [0.1, 0.15) is 22.4 Å². The molecular formula is C17H19N3O3S. The minimum Gasteiger partial charge on any atom is -0.496 e. The van der Waals surface area contributed by atoms with Crippen LogP contribution in [0.5, 0.6) is 5.75 Å². The molecule has 0 aliphatic rings. The van der Waals surface area contributed by atoms with E-state index < -0.39 is 9.84 Å². The van der Waals surface area contributed by atoms with Gasteiger partial charge in [0.1, 0.15) is 11.5 Å². The summed E-state index contributed by atoms with van der Waals surface area (Å²) >= 11 is 0. The zero-order valence-corrected chi connectivity index (χ0v) is 14.9. The van der Waals surface area contributed by atoms with Crippen molar-refractivity contribution in [1.29, 1.82) is 0 Å². The van der Waals surface area contributed by atoms with Crippen LogP contribution in [0.25, 0.3) is 11.0 Å². The second-order valence-electron chi connectivity index (χ2n) is 5.87. The van der Waals surface area contributed by atoms with E-state index in [-0.39, 0.29) is 10.9 Å². The third kappa shape index (κ3) is 2.87. The van der Waals surface area contributed by atoms with Gasteiger partial charge in [-0.15, -0.1) is 0 Å². The van der Waals surface area contributed by atoms with Gasteiger partial charge in [-0.05, 0) is 38.5 Å². The van der Waals surface area contributed by atoms with E-state index in [0.717, 1.165) is 16.7 Å². The third-order valence-electron chi connectivity index (χ3n) is 3.99. The molecule has 0 unspecified atom stereocenters. The van der Waals surface area contributed by atoms with Crippen LogP contribution in [0.3, 0.4) is 0 Å². The van der Waals surface area contributed by atoms with Crippen molar-refractivity contribution in [1.82, 2.24) is 15.0 Å². The first kappa shape index (κ1) is 16.4. The lowest BCUT2D eigenvalue weighted by Crippen LogP contribution is -2.10. The lowest BCUT2D eigenvalue weighted by molar-refractivity contribution is 0.407. The SMILES string of the molecule is COc1c(C)cnc(CS(=O)(=O)c2nc3ccc(C)cc3[nH]2)c1C. The summed E-state index contributed by atoms with van der Waals surface area (Å²) < 4.78 is 30.8. The molecule has 0 radical (unpaired) electrons. The van der Waals surface area contributed by atoms with Crippen LogP contribution >= 0.6 is 0 Å². The summed E-state index contributed by atoms with van der Waals surface area (Å²) in [5.41, 5.74) is 4.44. The zero-order chi connectivity index (χ0) is 17.5. The van der Waals surface area contributed by atoms with E-state index in [2.05, 4.69) is 15.0 Å². The number of sulfone groups is 1. The number of benzene rings is 1. The number of rotatable bonds is 4. The molecule has 1 aromatic carbocycles. The van der Waals surface area contributed by atoms with Gasteiger partial charge in [-0.2, -0.15) is 0 Å². The van der Waals surface area contributed by atoms with Crippen molar-refractivity contribution >= 4 is 20.9 Å². The van der Waals surface area contributed by atoms with Crippen molar-refractivity contribution < 1.29 is 13.2 Å². The Morgan fingerprint density at radius 2 is 1.96 bits per heavy atom. The number of aromatic nitrogens is 3. The van der Waals surface area contributed by atoms with Crippen molar-refractivity contribution in [3.05, 3.63) is 46.8 Å². The van der Waals surface area contributed by atoms with Gasteiger partial charge in [-0.1, -0.05) is 6.07 Å². The molecule has 0 amide bonds. The number of pyridine rings is 1. The first-order valence-corrected chi connectivity index (χ1v) is 9.15. The predicted molar refractivity (Wildman–Crippen MR) is 92.0 cm³/mol. The highest BCUT2D eigenvalue weighted by atomic mass is 32.2. The standard InChI is InChI=1S/C17H19N3O3S/c1-10-5-6-13-14(7-10)20-17(19-13)24(21,22)9-15-12(3)16(23-4)11(2)8-18-15/h5-8H,9H2,1-4H3,(H,19,20). The molecule has 0 atom stereocenters. The van der Waals surface area contributed by atoms with Crippen molar-refractivity contribution in [3.63, 3.8) is 0 Å². The number of fused-ring (bicyclic) bond motifs is 1. The summed E-state index contributed by atoms with van der Waals surface area (Å²) in [6.45, 7) is 5.63. The summed E-state index contributed by atoms with van der Waals surface area (Å²) in [5, 5.41) is -0.0381. The molecular weight excluding hydrogens is 326 g/mol. The first-order chi connectivity index (χ1) is 11.3. The van der Waals surface area contributed by atoms with Crippen LogP contribution in [0.2, 0.25) is 0 Å². The lowest BCUT2D eigenvalue weighted by atomic mass is 10.1. The normalized spacial score (nSPS) is 11.8. The fourth-order valence-corrected chi connectivity index (χ4v) is 4.00. The van der Waals surface area contributed by atoms with Crippen molar-refractivity contribution in [2.45, 2.75) is 31.7 Å². The molecule has 3 rings (SSSR count). The van der Waals surface area contributed by atoms with Gasteiger partial charge in [0.2, 0.25) is 15.0 Å². The summed E-state index contributed by atoms with van der Waals surface area (Å²) in [4.78, 5) is 11.4. The monoisotopic (exact) mass is 345 g/mol. The maximum absolute atomic E-state index is 12.7. The Bertz CT molecular complexity index is 1020. The van der Waals surface area contributed by atoms with Crippen molar-refractivity contribution in [3.8, 4) is 5.75 Å². The Balaban J connectivity index is 2.02. The molecule has 24 heavy (non-hydrogen) atoms. The number of methoxy groups -OCH3 is 1. The molecule has 0 saturated heterocycles. The number of H-pyrrole nitrogens is 1. The van der Waals surface area contributed by atoms with Gasteiger partial charge in [0.25, 0.3) is 0 Å². The van der Waals surface area contributed by atoms with Gasteiger partial charge in [-0.25, -0.2) is 13.4 Å². The fourth-order valence-electron chi connectivity index (χ4n) is 2.71. The Hall–Kier alpha value is -2.41. The molecule has 7 heteroatoms. The predicted octanol–water partition coefficient (Wildman–Crippen LogP) is 2.87. The minimum absolute atomic E-state index is 0.0381. The number of hydrogen-bond donors (Lipinski definition) is 1. The van der Waals surface area contributed by atoms with Crippen LogP contribution in [-0.2, 0) is 15.6 Å². The van der Waals surface area contributed by atoms with Gasteiger partial charge in [-0.3, -0.25) is 4.98 Å². The topological polar surface area (TPSA) is 84.9 Å². The van der Waals surface area contributed by atoms with E-state index in [1.54, 1.807) is 19.4 Å². The van der Waals surface area contributed by atoms with Crippen molar-refractivity contribution in [2.75, 3.05) is 7.11 Å². The third-order valence-corrected chi connectivity index (χ3v) is 5.42. The largest absolute Gasteiger partial charge is 0.496 e. The number of aryl methyl sites for hydroxylation is 2. The number of ether oxygens (including phenoxy) is 1. The minimum atomic E-state index is -3.63. The number of hydrogen-bond acceptors (Lipinski definition) is 5. The molecule has 3 aromatic rings. The Kier molecular flexibility index (Phi) is 4.04. The molecule has 1 N–H and O–H groups in total. The number of aromatic amines is 1. The summed E-state index contributed by atoms with van der Waals surface area (Å²) in [5.74, 6) is 0.435. The highest BCUT2D eigenvalue weighted by Crippen LogP contribution is 2.26. The molecule has 0 spiro atoms. The van der Waals surface area contributed by atoms with Gasteiger partial charge in [0.05, 0.1) is 23.8 Å². The average molecular weight is 345 g/mol. The number of nitrogens with zero attached hydrogens (tertiary/aromatic N) is 2.